The third-order valence-corrected chi connectivity index (χ3v) is 6.36. The van der Waals surface area contributed by atoms with E-state index in [0.29, 0.717) is 6.42 Å². The number of hydrogen-bond acceptors (Lipinski definition) is 4. The summed E-state index contributed by atoms with van der Waals surface area (Å²) in [5.41, 5.74) is 3.51. The number of hydrogen-bond donors (Lipinski definition) is 1. The van der Waals surface area contributed by atoms with Crippen LogP contribution in [-0.2, 0) is 4.79 Å². The first-order valence-corrected chi connectivity index (χ1v) is 11.5. The molecular formula is C28H22FN5O. The lowest BCUT2D eigenvalue weighted by molar-refractivity contribution is -0.117. The SMILES string of the molecule is O=C1C[C@H](Nc2ccccn2)[C@@H](c2ccccc2)N1c1ccc2c(cnn2-c2ccc(F)cc2)c1. The molecule has 6 rings (SSSR count). The predicted molar refractivity (Wildman–Crippen MR) is 134 cm³/mol. The molecule has 5 aromatic rings. The topological polar surface area (TPSA) is 63.1 Å². The maximum atomic E-state index is 13.4. The number of nitrogens with zero attached hydrogens (tertiary/aromatic N) is 4. The summed E-state index contributed by atoms with van der Waals surface area (Å²) >= 11 is 0. The quantitative estimate of drug-likeness (QED) is 0.373. The van der Waals surface area contributed by atoms with Gasteiger partial charge in [-0.1, -0.05) is 36.4 Å². The van der Waals surface area contributed by atoms with Gasteiger partial charge in [-0.05, 0) is 60.2 Å². The van der Waals surface area contributed by atoms with E-state index >= 15 is 0 Å². The number of rotatable bonds is 5. The van der Waals surface area contributed by atoms with Crippen LogP contribution in [0, 0.1) is 5.82 Å². The summed E-state index contributed by atoms with van der Waals surface area (Å²) in [6.45, 7) is 0. The van der Waals surface area contributed by atoms with E-state index in [1.54, 1.807) is 29.2 Å². The standard InChI is InChI=1S/C28H22FN5O/c29-21-9-11-22(12-10-21)34-25-14-13-23(16-20(25)18-31-34)33-27(35)17-24(32-26-8-4-5-15-30-26)28(33)19-6-2-1-3-7-19/h1-16,18,24,28H,17H2,(H,30,32)/t24-,28+/m0/s1. The number of amides is 1. The van der Waals surface area contributed by atoms with Crippen LogP contribution in [0.25, 0.3) is 16.6 Å². The van der Waals surface area contributed by atoms with E-state index in [1.807, 2.05) is 59.5 Å². The third kappa shape index (κ3) is 3.91. The Morgan fingerprint density at radius 3 is 2.43 bits per heavy atom. The van der Waals surface area contributed by atoms with Crippen molar-refractivity contribution in [3.63, 3.8) is 0 Å². The molecule has 0 aliphatic carbocycles. The highest BCUT2D eigenvalue weighted by atomic mass is 19.1. The van der Waals surface area contributed by atoms with Crippen LogP contribution in [0.15, 0.2) is 103 Å². The smallest absolute Gasteiger partial charge is 0.229 e. The Labute approximate surface area is 201 Å². The molecule has 1 N–H and O–H groups in total. The van der Waals surface area contributed by atoms with Crippen molar-refractivity contribution in [2.45, 2.75) is 18.5 Å². The third-order valence-electron chi connectivity index (χ3n) is 6.36. The number of benzene rings is 3. The molecule has 0 radical (unpaired) electrons. The minimum Gasteiger partial charge on any atom is -0.364 e. The number of nitrogens with one attached hydrogen (secondary N) is 1. The summed E-state index contributed by atoms with van der Waals surface area (Å²) in [5, 5.41) is 8.86. The van der Waals surface area contributed by atoms with E-state index < -0.39 is 0 Å². The Kier molecular flexibility index (Phi) is 5.22. The van der Waals surface area contributed by atoms with Crippen LogP contribution < -0.4 is 10.2 Å². The van der Waals surface area contributed by atoms with Crippen LogP contribution in [0.2, 0.25) is 0 Å². The average Bonchev–Trinajstić information content (AvgIpc) is 3.46. The first-order chi connectivity index (χ1) is 17.2. The predicted octanol–water partition coefficient (Wildman–Crippen LogP) is 5.52. The zero-order valence-electron chi connectivity index (χ0n) is 18.8. The van der Waals surface area contributed by atoms with Gasteiger partial charge in [0, 0.05) is 23.7 Å². The molecule has 1 fully saturated rings. The number of carbonyl (C=O) groups excluding carboxylic acids is 1. The Hall–Kier alpha value is -4.52. The Morgan fingerprint density at radius 1 is 0.886 bits per heavy atom. The number of pyridine rings is 1. The second-order valence-corrected chi connectivity index (χ2v) is 8.57. The molecule has 35 heavy (non-hydrogen) atoms. The number of aromatic nitrogens is 3. The molecule has 1 saturated heterocycles. The summed E-state index contributed by atoms with van der Waals surface area (Å²) in [6, 6.07) is 27.5. The van der Waals surface area contributed by atoms with Crippen molar-refractivity contribution in [1.29, 1.82) is 0 Å². The number of halogens is 1. The van der Waals surface area contributed by atoms with Gasteiger partial charge in [-0.25, -0.2) is 14.1 Å². The van der Waals surface area contributed by atoms with Crippen molar-refractivity contribution in [2.24, 2.45) is 0 Å². The van der Waals surface area contributed by atoms with Gasteiger partial charge in [0.1, 0.15) is 11.6 Å². The minimum absolute atomic E-state index is 0.0394. The zero-order valence-corrected chi connectivity index (χ0v) is 18.8. The highest BCUT2D eigenvalue weighted by Gasteiger charge is 2.41. The van der Waals surface area contributed by atoms with Gasteiger partial charge in [0.15, 0.2) is 0 Å². The van der Waals surface area contributed by atoms with E-state index in [1.165, 1.54) is 12.1 Å². The fourth-order valence-electron chi connectivity index (χ4n) is 4.80. The molecule has 3 aromatic carbocycles. The van der Waals surface area contributed by atoms with Gasteiger partial charge >= 0.3 is 0 Å². The van der Waals surface area contributed by atoms with Crippen molar-refractivity contribution >= 4 is 28.3 Å². The Bertz CT molecular complexity index is 1480. The van der Waals surface area contributed by atoms with Gasteiger partial charge in [0.05, 0.1) is 29.5 Å². The minimum atomic E-state index is -0.291. The van der Waals surface area contributed by atoms with E-state index in [2.05, 4.69) is 27.5 Å². The van der Waals surface area contributed by atoms with E-state index in [9.17, 15) is 9.18 Å². The van der Waals surface area contributed by atoms with Crippen LogP contribution in [0.4, 0.5) is 15.9 Å². The second kappa shape index (κ2) is 8.68. The van der Waals surface area contributed by atoms with Crippen LogP contribution in [0.1, 0.15) is 18.0 Å². The van der Waals surface area contributed by atoms with Gasteiger partial charge in [0.2, 0.25) is 5.91 Å². The molecule has 2 atom stereocenters. The summed E-state index contributed by atoms with van der Waals surface area (Å²) in [6.07, 6.45) is 3.86. The molecular weight excluding hydrogens is 441 g/mol. The van der Waals surface area contributed by atoms with E-state index in [0.717, 1.165) is 33.7 Å². The van der Waals surface area contributed by atoms with Crippen molar-refractivity contribution < 1.29 is 9.18 Å². The van der Waals surface area contributed by atoms with Crippen LogP contribution in [0.5, 0.6) is 0 Å². The van der Waals surface area contributed by atoms with Crippen LogP contribution in [-0.4, -0.2) is 26.7 Å². The van der Waals surface area contributed by atoms with Crippen molar-refractivity contribution in [2.75, 3.05) is 10.2 Å². The second-order valence-electron chi connectivity index (χ2n) is 8.57. The van der Waals surface area contributed by atoms with E-state index in [4.69, 9.17) is 0 Å². The molecule has 1 aliphatic rings. The normalized spacial score (nSPS) is 17.7. The van der Waals surface area contributed by atoms with Crippen LogP contribution in [0.3, 0.4) is 0 Å². The number of carbonyl (C=O) groups is 1. The van der Waals surface area contributed by atoms with Crippen molar-refractivity contribution in [3.05, 3.63) is 115 Å². The largest absolute Gasteiger partial charge is 0.364 e. The number of anilines is 2. The maximum Gasteiger partial charge on any atom is 0.229 e. The lowest BCUT2D eigenvalue weighted by Crippen LogP contribution is -2.32. The molecule has 1 aliphatic heterocycles. The molecule has 0 bridgehead atoms. The molecule has 172 valence electrons. The lowest BCUT2D eigenvalue weighted by Gasteiger charge is -2.29. The van der Waals surface area contributed by atoms with Gasteiger partial charge < -0.3 is 10.2 Å². The lowest BCUT2D eigenvalue weighted by atomic mass is 9.99. The monoisotopic (exact) mass is 463 g/mol. The van der Waals surface area contributed by atoms with Gasteiger partial charge in [-0.3, -0.25) is 4.79 Å². The zero-order chi connectivity index (χ0) is 23.8. The Morgan fingerprint density at radius 2 is 1.66 bits per heavy atom. The van der Waals surface area contributed by atoms with Gasteiger partial charge in [-0.2, -0.15) is 5.10 Å². The van der Waals surface area contributed by atoms with Gasteiger partial charge in [-0.15, -0.1) is 0 Å². The average molecular weight is 464 g/mol. The molecule has 0 saturated carbocycles. The fraction of sp³-hybridized carbons (Fsp3) is 0.107. The summed E-state index contributed by atoms with van der Waals surface area (Å²) in [4.78, 5) is 19.6. The van der Waals surface area contributed by atoms with E-state index in [-0.39, 0.29) is 23.8 Å². The van der Waals surface area contributed by atoms with Gasteiger partial charge in [0.25, 0.3) is 0 Å². The maximum absolute atomic E-state index is 13.4. The Balaban J connectivity index is 1.39. The summed E-state index contributed by atoms with van der Waals surface area (Å²) < 4.78 is 15.1. The first kappa shape index (κ1) is 21.0. The molecule has 1 amide bonds. The van der Waals surface area contributed by atoms with Crippen molar-refractivity contribution in [1.82, 2.24) is 14.8 Å². The highest BCUT2D eigenvalue weighted by Crippen LogP contribution is 2.39. The molecule has 3 heterocycles. The van der Waals surface area contributed by atoms with Crippen molar-refractivity contribution in [3.8, 4) is 5.69 Å². The summed E-state index contributed by atoms with van der Waals surface area (Å²) in [5.74, 6) is 0.488. The molecule has 0 spiro atoms. The fourth-order valence-corrected chi connectivity index (χ4v) is 4.80. The molecule has 7 heteroatoms. The molecule has 6 nitrogen and oxygen atoms in total. The summed E-state index contributed by atoms with van der Waals surface area (Å²) in [7, 11) is 0. The number of fused-ring (bicyclic) bond motifs is 1. The highest BCUT2D eigenvalue weighted by molar-refractivity contribution is 5.99. The molecule has 2 aromatic heterocycles. The first-order valence-electron chi connectivity index (χ1n) is 11.5. The van der Waals surface area contributed by atoms with Crippen LogP contribution >= 0.6 is 0 Å². The molecule has 0 unspecified atom stereocenters.